The number of nitrogens with zero attached hydrogens (tertiary/aromatic N) is 2. The number of aromatic nitrogens is 2. The fourth-order valence-corrected chi connectivity index (χ4v) is 4.43. The van der Waals surface area contributed by atoms with Crippen LogP contribution in [0.25, 0.3) is 21.9 Å². The van der Waals surface area contributed by atoms with Crippen LogP contribution in [-0.2, 0) is 19.9 Å². The van der Waals surface area contributed by atoms with E-state index in [1.54, 1.807) is 6.07 Å². The Labute approximate surface area is 180 Å². The molecule has 2 aromatic carbocycles. The van der Waals surface area contributed by atoms with Gasteiger partial charge in [-0.3, -0.25) is 4.79 Å². The van der Waals surface area contributed by atoms with Crippen LogP contribution in [0.5, 0.6) is 0 Å². The van der Waals surface area contributed by atoms with Crippen molar-refractivity contribution in [3.05, 3.63) is 86.7 Å². The first kappa shape index (κ1) is 20.9. The minimum atomic E-state index is -0.733. The van der Waals surface area contributed by atoms with Crippen molar-refractivity contribution in [2.24, 2.45) is 7.05 Å². The third-order valence-electron chi connectivity index (χ3n) is 4.99. The highest BCUT2D eigenvalue weighted by atomic mass is 32.1. The van der Waals surface area contributed by atoms with Gasteiger partial charge in [-0.25, -0.2) is 13.6 Å². The van der Waals surface area contributed by atoms with E-state index in [-0.39, 0.29) is 23.7 Å². The smallest absolute Gasteiger partial charge is 0.388 e. The monoisotopic (exact) mass is 440 g/mol. The summed E-state index contributed by atoms with van der Waals surface area (Å²) < 4.78 is 34.2. The Morgan fingerprint density at radius 3 is 2.35 bits per heavy atom. The molecule has 31 heavy (non-hydrogen) atoms. The van der Waals surface area contributed by atoms with E-state index in [1.165, 1.54) is 24.5 Å². The minimum absolute atomic E-state index is 0.231. The SMILES string of the molecule is CCc1c(-c2nn(C)c(=O)o2)cccc1-c1ccc(C(=O)Cc2c(F)cccc2F)s1. The molecule has 4 aromatic rings. The van der Waals surface area contributed by atoms with Gasteiger partial charge in [-0.2, -0.15) is 4.68 Å². The van der Waals surface area contributed by atoms with Crippen molar-refractivity contribution in [2.75, 3.05) is 0 Å². The molecule has 0 spiro atoms. The molecular formula is C23H18F2N2O3S. The molecule has 0 atom stereocenters. The summed E-state index contributed by atoms with van der Waals surface area (Å²) in [5.41, 5.74) is 2.27. The lowest BCUT2D eigenvalue weighted by Gasteiger charge is -2.10. The van der Waals surface area contributed by atoms with Crippen LogP contribution in [0.4, 0.5) is 8.78 Å². The number of benzene rings is 2. The first-order valence-electron chi connectivity index (χ1n) is 9.61. The quantitative estimate of drug-likeness (QED) is 0.394. The van der Waals surface area contributed by atoms with Gasteiger partial charge in [0.15, 0.2) is 5.78 Å². The number of Topliss-reactive ketones (excluding diaryl/α,β-unsaturated/α-hetero) is 1. The number of hydrogen-bond donors (Lipinski definition) is 0. The molecule has 158 valence electrons. The molecule has 4 rings (SSSR count). The average molecular weight is 440 g/mol. The summed E-state index contributed by atoms with van der Waals surface area (Å²) in [7, 11) is 1.51. The van der Waals surface area contributed by atoms with Crippen LogP contribution in [0, 0.1) is 11.6 Å². The van der Waals surface area contributed by atoms with Gasteiger partial charge in [0.05, 0.1) is 4.88 Å². The van der Waals surface area contributed by atoms with Crippen molar-refractivity contribution >= 4 is 17.1 Å². The third-order valence-corrected chi connectivity index (χ3v) is 6.15. The number of halogens is 2. The molecule has 0 radical (unpaired) electrons. The number of ketones is 1. The molecule has 0 amide bonds. The van der Waals surface area contributed by atoms with E-state index in [1.807, 2.05) is 31.2 Å². The number of hydrogen-bond acceptors (Lipinski definition) is 5. The fraction of sp³-hybridized carbons (Fsp3) is 0.174. The normalized spacial score (nSPS) is 11.1. The number of carbonyl (C=O) groups is 1. The van der Waals surface area contributed by atoms with E-state index >= 15 is 0 Å². The Morgan fingerprint density at radius 1 is 1.03 bits per heavy atom. The number of carbonyl (C=O) groups excluding carboxylic acids is 1. The van der Waals surface area contributed by atoms with Gasteiger partial charge in [-0.15, -0.1) is 16.4 Å². The first-order chi connectivity index (χ1) is 14.9. The first-order valence-corrected chi connectivity index (χ1v) is 10.4. The Kier molecular flexibility index (Phi) is 5.65. The topological polar surface area (TPSA) is 65.1 Å². The van der Waals surface area contributed by atoms with Crippen LogP contribution in [-0.4, -0.2) is 15.6 Å². The van der Waals surface area contributed by atoms with Crippen LogP contribution in [0.3, 0.4) is 0 Å². The maximum atomic E-state index is 13.9. The van der Waals surface area contributed by atoms with Crippen molar-refractivity contribution in [2.45, 2.75) is 19.8 Å². The van der Waals surface area contributed by atoms with Crippen LogP contribution in [0.1, 0.15) is 27.7 Å². The summed E-state index contributed by atoms with van der Waals surface area (Å²) in [5, 5.41) is 4.14. The second kappa shape index (κ2) is 8.39. The number of rotatable bonds is 6. The fourth-order valence-electron chi connectivity index (χ4n) is 3.44. The highest BCUT2D eigenvalue weighted by molar-refractivity contribution is 7.17. The van der Waals surface area contributed by atoms with Crippen molar-refractivity contribution in [1.82, 2.24) is 9.78 Å². The van der Waals surface area contributed by atoms with Crippen LogP contribution < -0.4 is 5.76 Å². The summed E-state index contributed by atoms with van der Waals surface area (Å²) in [6.45, 7) is 1.98. The van der Waals surface area contributed by atoms with Gasteiger partial charge < -0.3 is 4.42 Å². The molecular weight excluding hydrogens is 422 g/mol. The Morgan fingerprint density at radius 2 is 1.71 bits per heavy atom. The zero-order valence-electron chi connectivity index (χ0n) is 16.8. The largest absolute Gasteiger partial charge is 0.437 e. The van der Waals surface area contributed by atoms with E-state index in [4.69, 9.17) is 4.42 Å². The van der Waals surface area contributed by atoms with Gasteiger partial charge in [-0.1, -0.05) is 25.1 Å². The van der Waals surface area contributed by atoms with Crippen molar-refractivity contribution in [3.8, 4) is 21.9 Å². The highest BCUT2D eigenvalue weighted by Crippen LogP contribution is 2.36. The Balaban J connectivity index is 1.68. The molecule has 2 aromatic heterocycles. The maximum absolute atomic E-state index is 13.9. The van der Waals surface area contributed by atoms with E-state index < -0.39 is 17.4 Å². The van der Waals surface area contributed by atoms with Crippen LogP contribution >= 0.6 is 11.3 Å². The summed E-state index contributed by atoms with van der Waals surface area (Å²) in [5.74, 6) is -2.14. The molecule has 2 heterocycles. The second-order valence-electron chi connectivity index (χ2n) is 6.95. The van der Waals surface area contributed by atoms with E-state index in [0.717, 1.165) is 32.8 Å². The lowest BCUT2D eigenvalue weighted by molar-refractivity contribution is 0.0994. The van der Waals surface area contributed by atoms with Crippen molar-refractivity contribution in [1.29, 1.82) is 0 Å². The summed E-state index contributed by atoms with van der Waals surface area (Å²) in [4.78, 5) is 25.6. The van der Waals surface area contributed by atoms with Gasteiger partial charge >= 0.3 is 5.76 Å². The predicted molar refractivity (Wildman–Crippen MR) is 114 cm³/mol. The van der Waals surface area contributed by atoms with Gasteiger partial charge in [0.1, 0.15) is 11.6 Å². The van der Waals surface area contributed by atoms with E-state index in [0.29, 0.717) is 16.9 Å². The summed E-state index contributed by atoms with van der Waals surface area (Å²) in [6, 6.07) is 12.6. The minimum Gasteiger partial charge on any atom is -0.388 e. The Hall–Kier alpha value is -3.39. The molecule has 5 nitrogen and oxygen atoms in total. The molecule has 0 saturated carbocycles. The molecule has 0 aliphatic carbocycles. The van der Waals surface area contributed by atoms with Gasteiger partial charge in [0, 0.05) is 29.5 Å². The van der Waals surface area contributed by atoms with E-state index in [9.17, 15) is 18.4 Å². The molecule has 0 aliphatic heterocycles. The zero-order chi connectivity index (χ0) is 22.1. The highest BCUT2D eigenvalue weighted by Gasteiger charge is 2.19. The molecule has 0 unspecified atom stereocenters. The summed E-state index contributed by atoms with van der Waals surface area (Å²) >= 11 is 1.25. The van der Waals surface area contributed by atoms with Gasteiger partial charge in [0.2, 0.25) is 5.89 Å². The predicted octanol–water partition coefficient (Wildman–Crippen LogP) is 5.03. The lowest BCUT2D eigenvalue weighted by Crippen LogP contribution is -2.09. The molecule has 8 heteroatoms. The molecule has 0 saturated heterocycles. The maximum Gasteiger partial charge on any atom is 0.437 e. The number of aryl methyl sites for hydroxylation is 1. The van der Waals surface area contributed by atoms with Crippen molar-refractivity contribution < 1.29 is 18.0 Å². The summed E-state index contributed by atoms with van der Waals surface area (Å²) in [6.07, 6.45) is 0.297. The van der Waals surface area contributed by atoms with E-state index in [2.05, 4.69) is 5.10 Å². The molecule has 0 N–H and O–H groups in total. The Bertz CT molecular complexity index is 1320. The number of thiophene rings is 1. The van der Waals surface area contributed by atoms with Gasteiger partial charge in [-0.05, 0) is 47.9 Å². The lowest BCUT2D eigenvalue weighted by atomic mass is 9.97. The van der Waals surface area contributed by atoms with Gasteiger partial charge in [0.25, 0.3) is 0 Å². The zero-order valence-corrected chi connectivity index (χ0v) is 17.6. The molecule has 0 fully saturated rings. The average Bonchev–Trinajstić information content (AvgIpc) is 3.37. The molecule has 0 bridgehead atoms. The second-order valence-corrected chi connectivity index (χ2v) is 8.03. The third kappa shape index (κ3) is 3.98. The van der Waals surface area contributed by atoms with Crippen LogP contribution in [0.15, 0.2) is 57.7 Å². The molecule has 0 aliphatic rings. The van der Waals surface area contributed by atoms with Crippen molar-refractivity contribution in [3.63, 3.8) is 0 Å². The van der Waals surface area contributed by atoms with Crippen LogP contribution in [0.2, 0.25) is 0 Å². The standard InChI is InChI=1S/C23H18F2N2O3S/c1-3-13-14(6-4-7-15(13)22-26-27(2)23(29)30-22)20-10-11-21(31-20)19(28)12-16-17(24)8-5-9-18(16)25/h4-11H,3,12H2,1-2H3.